The number of benzene rings is 1. The van der Waals surface area contributed by atoms with E-state index in [4.69, 9.17) is 9.72 Å². The minimum atomic E-state index is -0.235. The van der Waals surface area contributed by atoms with Crippen molar-refractivity contribution in [2.45, 2.75) is 71.8 Å². The van der Waals surface area contributed by atoms with Gasteiger partial charge in [-0.3, -0.25) is 4.79 Å². The van der Waals surface area contributed by atoms with Crippen LogP contribution in [0, 0.1) is 13.8 Å². The number of amides is 1. The van der Waals surface area contributed by atoms with E-state index in [9.17, 15) is 4.79 Å². The van der Waals surface area contributed by atoms with Gasteiger partial charge in [-0.2, -0.15) is 4.99 Å². The second-order valence-corrected chi connectivity index (χ2v) is 9.91. The molecule has 1 aromatic carbocycles. The molecule has 5 rings (SSSR count). The van der Waals surface area contributed by atoms with Crippen molar-refractivity contribution in [2.24, 2.45) is 4.99 Å². The first-order chi connectivity index (χ1) is 15.1. The monoisotopic (exact) mass is 435 g/mol. The van der Waals surface area contributed by atoms with E-state index in [0.29, 0.717) is 0 Å². The fourth-order valence-corrected chi connectivity index (χ4v) is 6.15. The third-order valence-corrected chi connectivity index (χ3v) is 7.43. The highest BCUT2D eigenvalue weighted by molar-refractivity contribution is 7.18. The Morgan fingerprint density at radius 3 is 2.68 bits per heavy atom. The van der Waals surface area contributed by atoms with Crippen LogP contribution in [0.15, 0.2) is 23.2 Å². The minimum Gasteiger partial charge on any atom is -0.484 e. The van der Waals surface area contributed by atoms with E-state index >= 15 is 0 Å². The summed E-state index contributed by atoms with van der Waals surface area (Å²) < 4.78 is 8.02. The molecule has 6 heteroatoms. The van der Waals surface area contributed by atoms with E-state index in [0.717, 1.165) is 77.1 Å². The summed E-state index contributed by atoms with van der Waals surface area (Å²) in [7, 11) is 0. The predicted octanol–water partition coefficient (Wildman–Crippen LogP) is 4.83. The lowest BCUT2D eigenvalue weighted by Gasteiger charge is -2.14. The van der Waals surface area contributed by atoms with E-state index in [2.05, 4.69) is 15.6 Å². The summed E-state index contributed by atoms with van der Waals surface area (Å²) in [6.07, 6.45) is 9.01. The highest BCUT2D eigenvalue weighted by Crippen LogP contribution is 2.34. The molecule has 0 unspecified atom stereocenters. The lowest BCUT2D eigenvalue weighted by Crippen LogP contribution is -2.28. The number of hydrogen-bond donors (Lipinski definition) is 0. The highest BCUT2D eigenvalue weighted by atomic mass is 32.1. The van der Waals surface area contributed by atoms with Gasteiger partial charge in [-0.15, -0.1) is 11.3 Å². The van der Waals surface area contributed by atoms with Crippen LogP contribution in [-0.2, 0) is 30.6 Å². The molecular formula is C25H29N3O2S. The number of aryl methyl sites for hydroxylation is 5. The molecule has 0 bridgehead atoms. The Hall–Kier alpha value is -2.47. The Bertz CT molecular complexity index is 1200. The molecule has 0 saturated heterocycles. The van der Waals surface area contributed by atoms with Gasteiger partial charge in [0.1, 0.15) is 21.9 Å². The molecule has 0 fully saturated rings. The molecule has 0 radical (unpaired) electrons. The van der Waals surface area contributed by atoms with Gasteiger partial charge in [-0.05, 0) is 81.2 Å². The first-order valence-corrected chi connectivity index (χ1v) is 12.2. The van der Waals surface area contributed by atoms with Crippen molar-refractivity contribution in [3.63, 3.8) is 0 Å². The molecule has 2 aliphatic rings. The van der Waals surface area contributed by atoms with Crippen molar-refractivity contribution in [3.8, 4) is 5.75 Å². The average Bonchev–Trinajstić information content (AvgIpc) is 2.93. The van der Waals surface area contributed by atoms with Crippen LogP contribution >= 0.6 is 11.3 Å². The molecule has 5 nitrogen and oxygen atoms in total. The number of thiophene rings is 1. The quantitative estimate of drug-likeness (QED) is 0.592. The van der Waals surface area contributed by atoms with Gasteiger partial charge in [0.25, 0.3) is 5.91 Å². The number of rotatable bonds is 3. The Balaban J connectivity index is 1.56. The van der Waals surface area contributed by atoms with Gasteiger partial charge >= 0.3 is 0 Å². The van der Waals surface area contributed by atoms with Crippen LogP contribution in [0.25, 0.3) is 10.2 Å². The molecule has 2 aromatic heterocycles. The largest absolute Gasteiger partial charge is 0.484 e. The second kappa shape index (κ2) is 8.58. The van der Waals surface area contributed by atoms with Crippen molar-refractivity contribution in [1.82, 2.24) is 9.55 Å². The molecule has 1 aliphatic heterocycles. The topological polar surface area (TPSA) is 56.5 Å². The van der Waals surface area contributed by atoms with Crippen LogP contribution in [0.4, 0.5) is 0 Å². The van der Waals surface area contributed by atoms with E-state index < -0.39 is 0 Å². The minimum absolute atomic E-state index is 0.0473. The summed E-state index contributed by atoms with van der Waals surface area (Å²) in [4.78, 5) is 25.1. The zero-order valence-electron chi connectivity index (χ0n) is 18.4. The number of ether oxygens (including phenoxy) is 1. The smallest absolute Gasteiger partial charge is 0.285 e. The van der Waals surface area contributed by atoms with Crippen LogP contribution in [0.2, 0.25) is 0 Å². The van der Waals surface area contributed by atoms with E-state index in [1.165, 1.54) is 29.7 Å². The summed E-state index contributed by atoms with van der Waals surface area (Å²) in [5.74, 6) is 1.56. The maximum Gasteiger partial charge on any atom is 0.285 e. The summed E-state index contributed by atoms with van der Waals surface area (Å²) >= 11 is 1.81. The third-order valence-electron chi connectivity index (χ3n) is 6.24. The van der Waals surface area contributed by atoms with Crippen LogP contribution < -0.4 is 10.2 Å². The van der Waals surface area contributed by atoms with E-state index in [-0.39, 0.29) is 12.5 Å². The maximum absolute atomic E-state index is 12.9. The summed E-state index contributed by atoms with van der Waals surface area (Å²) in [6, 6.07) is 6.01. The van der Waals surface area contributed by atoms with Crippen molar-refractivity contribution in [3.05, 3.63) is 51.1 Å². The number of fused-ring (bicyclic) bond motifs is 4. The molecule has 162 valence electrons. The maximum atomic E-state index is 12.9. The predicted molar refractivity (Wildman–Crippen MR) is 124 cm³/mol. The molecule has 3 aromatic rings. The lowest BCUT2D eigenvalue weighted by molar-refractivity contribution is -0.120. The fourth-order valence-electron chi connectivity index (χ4n) is 4.88. The van der Waals surface area contributed by atoms with Gasteiger partial charge in [0.05, 0.1) is 5.39 Å². The second-order valence-electron chi connectivity index (χ2n) is 8.82. The first-order valence-electron chi connectivity index (χ1n) is 11.4. The number of carbonyl (C=O) groups is 1. The van der Waals surface area contributed by atoms with Gasteiger partial charge in [0.2, 0.25) is 0 Å². The van der Waals surface area contributed by atoms with E-state index in [1.54, 1.807) is 0 Å². The summed E-state index contributed by atoms with van der Waals surface area (Å²) in [5, 5.41) is 1.12. The van der Waals surface area contributed by atoms with Crippen LogP contribution in [0.5, 0.6) is 5.75 Å². The van der Waals surface area contributed by atoms with Gasteiger partial charge in [-0.25, -0.2) is 4.98 Å². The number of nitrogens with zero attached hydrogens (tertiary/aromatic N) is 3. The number of hydrogen-bond acceptors (Lipinski definition) is 4. The van der Waals surface area contributed by atoms with E-state index in [1.807, 2.05) is 37.3 Å². The lowest BCUT2D eigenvalue weighted by atomic mass is 9.97. The Morgan fingerprint density at radius 2 is 1.84 bits per heavy atom. The van der Waals surface area contributed by atoms with Gasteiger partial charge in [0, 0.05) is 17.8 Å². The third kappa shape index (κ3) is 4.18. The molecule has 0 N–H and O–H groups in total. The normalized spacial score (nSPS) is 16.6. The van der Waals surface area contributed by atoms with Crippen LogP contribution in [-0.4, -0.2) is 22.1 Å². The molecule has 3 heterocycles. The van der Waals surface area contributed by atoms with Crippen LogP contribution in [0.3, 0.4) is 0 Å². The fraction of sp³-hybridized carbons (Fsp3) is 0.480. The summed E-state index contributed by atoms with van der Waals surface area (Å²) in [6.45, 7) is 4.90. The number of aromatic nitrogens is 2. The molecule has 0 saturated carbocycles. The summed E-state index contributed by atoms with van der Waals surface area (Å²) in [5.41, 5.74) is 4.44. The molecule has 1 amide bonds. The molecule has 0 atom stereocenters. The van der Waals surface area contributed by atoms with Crippen molar-refractivity contribution in [2.75, 3.05) is 6.61 Å². The average molecular weight is 436 g/mol. The van der Waals surface area contributed by atoms with Crippen molar-refractivity contribution in [1.29, 1.82) is 0 Å². The Morgan fingerprint density at radius 1 is 1.06 bits per heavy atom. The Labute approximate surface area is 186 Å². The van der Waals surface area contributed by atoms with Crippen molar-refractivity contribution < 1.29 is 9.53 Å². The highest BCUT2D eigenvalue weighted by Gasteiger charge is 2.22. The molecule has 31 heavy (non-hydrogen) atoms. The molecular weight excluding hydrogens is 406 g/mol. The standard InChI is InChI=1S/C25H29N3O2S/c1-16-12-17(2)14-18(13-16)30-15-22(29)27-24-23-19-8-5-6-9-20(19)31-25(23)26-21-10-4-3-7-11-28(21)24/h12-14H,3-11,15H2,1-2H3. The Kier molecular flexibility index (Phi) is 5.65. The van der Waals surface area contributed by atoms with Gasteiger partial charge in [-0.1, -0.05) is 12.5 Å². The van der Waals surface area contributed by atoms with Gasteiger partial charge in [0.15, 0.2) is 6.61 Å². The SMILES string of the molecule is Cc1cc(C)cc(OCC(=O)N=c2c3c4c(sc3nc3n2CCCCC3)CCCC4)c1. The first kappa shape index (κ1) is 20.4. The number of carbonyl (C=O) groups excluding carboxylic acids is 1. The molecule has 0 spiro atoms. The van der Waals surface area contributed by atoms with Crippen molar-refractivity contribution >= 4 is 27.5 Å². The van der Waals surface area contributed by atoms with Crippen LogP contribution in [0.1, 0.15) is 59.5 Å². The molecule has 1 aliphatic carbocycles. The zero-order valence-corrected chi connectivity index (χ0v) is 19.2. The zero-order chi connectivity index (χ0) is 21.4. The van der Waals surface area contributed by atoms with Gasteiger partial charge < -0.3 is 9.30 Å².